The molecule has 0 amide bonds. The summed E-state index contributed by atoms with van der Waals surface area (Å²) in [6.45, 7) is 1.85. The Hall–Kier alpha value is -3.27. The summed E-state index contributed by atoms with van der Waals surface area (Å²) in [5.41, 5.74) is 3.82. The number of alkyl halides is 1. The molecule has 0 saturated heterocycles. The highest BCUT2D eigenvalue weighted by Crippen LogP contribution is 2.37. The molecular formula is C21H18FN5O. The van der Waals surface area contributed by atoms with E-state index in [1.54, 1.807) is 12.3 Å². The maximum absolute atomic E-state index is 14.0. The lowest BCUT2D eigenvalue weighted by molar-refractivity contribution is 0.330. The number of fused-ring (bicyclic) bond motifs is 3. The third-order valence-electron chi connectivity index (χ3n) is 5.44. The lowest BCUT2D eigenvalue weighted by Gasteiger charge is -2.17. The Bertz CT molecular complexity index is 1240. The fourth-order valence-corrected chi connectivity index (χ4v) is 4.21. The van der Waals surface area contributed by atoms with E-state index in [-0.39, 0.29) is 6.04 Å². The van der Waals surface area contributed by atoms with Crippen LogP contribution < -0.4 is 0 Å². The molecule has 0 bridgehead atoms. The van der Waals surface area contributed by atoms with Crippen LogP contribution in [0.3, 0.4) is 0 Å². The van der Waals surface area contributed by atoms with Gasteiger partial charge in [-0.15, -0.1) is 0 Å². The number of imidazole rings is 1. The van der Waals surface area contributed by atoms with Crippen LogP contribution in [0.5, 0.6) is 0 Å². The van der Waals surface area contributed by atoms with Crippen molar-refractivity contribution in [2.45, 2.75) is 44.8 Å². The summed E-state index contributed by atoms with van der Waals surface area (Å²) in [5, 5.41) is 14.3. The number of aryl methyl sites for hydroxylation is 1. The first-order chi connectivity index (χ1) is 13.6. The third-order valence-corrected chi connectivity index (χ3v) is 5.44. The SMILES string of the molecule is Cc1cc(Cc2nc3cnc4ccc(C#N)cc4c3n2C2CCC(F)C2)no1. The fourth-order valence-electron chi connectivity index (χ4n) is 4.21. The minimum atomic E-state index is -0.799. The van der Waals surface area contributed by atoms with Crippen LogP contribution in [-0.2, 0) is 6.42 Å². The predicted octanol–water partition coefficient (Wildman–Crippen LogP) is 4.41. The Morgan fingerprint density at radius 2 is 2.18 bits per heavy atom. The van der Waals surface area contributed by atoms with E-state index in [9.17, 15) is 9.65 Å². The summed E-state index contributed by atoms with van der Waals surface area (Å²) in [5.74, 6) is 1.56. The van der Waals surface area contributed by atoms with E-state index < -0.39 is 6.17 Å². The number of halogens is 1. The average Bonchev–Trinajstić information content (AvgIpc) is 3.39. The zero-order chi connectivity index (χ0) is 19.3. The van der Waals surface area contributed by atoms with Crippen LogP contribution in [0.15, 0.2) is 35.0 Å². The van der Waals surface area contributed by atoms with E-state index in [1.807, 2.05) is 25.1 Å². The first-order valence-electron chi connectivity index (χ1n) is 9.38. The van der Waals surface area contributed by atoms with Crippen LogP contribution in [0.25, 0.3) is 21.9 Å². The van der Waals surface area contributed by atoms with Crippen LogP contribution in [-0.4, -0.2) is 25.9 Å². The molecule has 7 heteroatoms. The maximum atomic E-state index is 14.0. The van der Waals surface area contributed by atoms with E-state index in [1.165, 1.54) is 0 Å². The monoisotopic (exact) mass is 375 g/mol. The van der Waals surface area contributed by atoms with Crippen molar-refractivity contribution in [2.75, 3.05) is 0 Å². The van der Waals surface area contributed by atoms with Gasteiger partial charge in [0.05, 0.1) is 41.0 Å². The number of pyridine rings is 1. The van der Waals surface area contributed by atoms with Crippen molar-refractivity contribution in [1.29, 1.82) is 5.26 Å². The Labute approximate surface area is 160 Å². The van der Waals surface area contributed by atoms with Gasteiger partial charge < -0.3 is 9.09 Å². The molecule has 1 aromatic carbocycles. The highest BCUT2D eigenvalue weighted by atomic mass is 19.1. The molecule has 4 aromatic rings. The van der Waals surface area contributed by atoms with Gasteiger partial charge in [0, 0.05) is 17.5 Å². The lowest BCUT2D eigenvalue weighted by Crippen LogP contribution is -2.11. The van der Waals surface area contributed by atoms with E-state index in [4.69, 9.17) is 9.51 Å². The second-order valence-corrected chi connectivity index (χ2v) is 7.40. The molecule has 2 unspecified atom stereocenters. The summed E-state index contributed by atoms with van der Waals surface area (Å²) in [6.07, 6.45) is 3.24. The highest BCUT2D eigenvalue weighted by Gasteiger charge is 2.30. The number of benzene rings is 1. The van der Waals surface area contributed by atoms with Crippen LogP contribution in [0.2, 0.25) is 0 Å². The van der Waals surface area contributed by atoms with Gasteiger partial charge in [-0.2, -0.15) is 5.26 Å². The fraction of sp³-hybridized carbons (Fsp3) is 0.333. The van der Waals surface area contributed by atoms with Gasteiger partial charge in [0.2, 0.25) is 0 Å². The van der Waals surface area contributed by atoms with Gasteiger partial charge in [-0.1, -0.05) is 5.16 Å². The number of rotatable bonds is 3. The molecule has 3 aromatic heterocycles. The van der Waals surface area contributed by atoms with Gasteiger partial charge in [-0.05, 0) is 44.4 Å². The molecule has 1 saturated carbocycles. The standard InChI is InChI=1S/C21H18FN5O/c1-12-6-15(26-28-12)9-20-25-19-11-24-18-5-2-13(10-23)7-17(18)21(19)27(20)16-4-3-14(22)8-16/h2,5-7,11,14,16H,3-4,8-9H2,1H3. The molecular weight excluding hydrogens is 357 g/mol. The van der Waals surface area contributed by atoms with Gasteiger partial charge >= 0.3 is 0 Å². The molecule has 140 valence electrons. The Morgan fingerprint density at radius 1 is 1.29 bits per heavy atom. The van der Waals surface area contributed by atoms with Gasteiger partial charge in [0.25, 0.3) is 0 Å². The minimum absolute atomic E-state index is 0.0272. The van der Waals surface area contributed by atoms with Crippen molar-refractivity contribution in [3.05, 3.63) is 53.3 Å². The summed E-state index contributed by atoms with van der Waals surface area (Å²) in [7, 11) is 0. The number of hydrogen-bond acceptors (Lipinski definition) is 5. The van der Waals surface area contributed by atoms with Crippen molar-refractivity contribution >= 4 is 21.9 Å². The van der Waals surface area contributed by atoms with E-state index in [2.05, 4.69) is 20.8 Å². The summed E-state index contributed by atoms with van der Waals surface area (Å²) in [4.78, 5) is 9.30. The van der Waals surface area contributed by atoms with Crippen LogP contribution in [0.4, 0.5) is 4.39 Å². The van der Waals surface area contributed by atoms with E-state index in [0.29, 0.717) is 24.8 Å². The molecule has 5 rings (SSSR count). The average molecular weight is 375 g/mol. The Kier molecular flexibility index (Phi) is 3.86. The summed E-state index contributed by atoms with van der Waals surface area (Å²) >= 11 is 0. The van der Waals surface area contributed by atoms with Gasteiger partial charge in [-0.25, -0.2) is 9.37 Å². The maximum Gasteiger partial charge on any atom is 0.133 e. The van der Waals surface area contributed by atoms with Crippen LogP contribution >= 0.6 is 0 Å². The molecule has 28 heavy (non-hydrogen) atoms. The van der Waals surface area contributed by atoms with Gasteiger partial charge in [-0.3, -0.25) is 4.98 Å². The molecule has 0 radical (unpaired) electrons. The van der Waals surface area contributed by atoms with Crippen molar-refractivity contribution in [3.8, 4) is 6.07 Å². The van der Waals surface area contributed by atoms with Gasteiger partial charge in [0.15, 0.2) is 0 Å². The Balaban J connectivity index is 1.76. The van der Waals surface area contributed by atoms with Crippen molar-refractivity contribution in [2.24, 2.45) is 0 Å². The molecule has 0 aliphatic heterocycles. The molecule has 1 fully saturated rings. The largest absolute Gasteiger partial charge is 0.361 e. The molecule has 0 N–H and O–H groups in total. The van der Waals surface area contributed by atoms with Crippen LogP contribution in [0.1, 0.15) is 48.1 Å². The molecule has 0 spiro atoms. The molecule has 1 aliphatic carbocycles. The predicted molar refractivity (Wildman–Crippen MR) is 102 cm³/mol. The number of nitrogens with zero attached hydrogens (tertiary/aromatic N) is 5. The number of aromatic nitrogens is 4. The van der Waals surface area contributed by atoms with Crippen molar-refractivity contribution < 1.29 is 8.91 Å². The highest BCUT2D eigenvalue weighted by molar-refractivity contribution is 6.02. The second kappa shape index (κ2) is 6.41. The van der Waals surface area contributed by atoms with Crippen molar-refractivity contribution in [1.82, 2.24) is 19.7 Å². The zero-order valence-corrected chi connectivity index (χ0v) is 15.4. The van der Waals surface area contributed by atoms with Gasteiger partial charge in [0.1, 0.15) is 23.3 Å². The minimum Gasteiger partial charge on any atom is -0.361 e. The number of hydrogen-bond donors (Lipinski definition) is 0. The molecule has 6 nitrogen and oxygen atoms in total. The summed E-state index contributed by atoms with van der Waals surface area (Å²) in [6, 6.07) is 9.55. The molecule has 3 heterocycles. The number of nitriles is 1. The first-order valence-corrected chi connectivity index (χ1v) is 9.38. The zero-order valence-electron chi connectivity index (χ0n) is 15.4. The topological polar surface area (TPSA) is 80.5 Å². The van der Waals surface area contributed by atoms with E-state index in [0.717, 1.165) is 45.6 Å². The van der Waals surface area contributed by atoms with Crippen molar-refractivity contribution in [3.63, 3.8) is 0 Å². The molecule has 2 atom stereocenters. The van der Waals surface area contributed by atoms with E-state index >= 15 is 0 Å². The molecule has 1 aliphatic rings. The third kappa shape index (κ3) is 2.73. The quantitative estimate of drug-likeness (QED) is 0.530. The Morgan fingerprint density at radius 3 is 2.89 bits per heavy atom. The first kappa shape index (κ1) is 16.9. The second-order valence-electron chi connectivity index (χ2n) is 7.40. The van der Waals surface area contributed by atoms with Crippen LogP contribution in [0, 0.1) is 18.3 Å². The summed E-state index contributed by atoms with van der Waals surface area (Å²) < 4.78 is 21.4. The smallest absolute Gasteiger partial charge is 0.133 e. The lowest BCUT2D eigenvalue weighted by atomic mass is 10.1. The normalized spacial score (nSPS) is 19.5.